The molecule has 1 N–H and O–H groups in total. The molecule has 0 spiro atoms. The average molecular weight is 304 g/mol. The Morgan fingerprint density at radius 1 is 1.14 bits per heavy atom. The van der Waals surface area contributed by atoms with Crippen molar-refractivity contribution in [1.29, 1.82) is 0 Å². The number of nitrogens with zero attached hydrogens (tertiary/aromatic N) is 3. The van der Waals surface area contributed by atoms with Gasteiger partial charge in [0.15, 0.2) is 0 Å². The number of hydrogen-bond donors (Lipinski definition) is 1. The second kappa shape index (κ2) is 6.79. The van der Waals surface area contributed by atoms with Crippen molar-refractivity contribution in [2.24, 2.45) is 0 Å². The van der Waals surface area contributed by atoms with Gasteiger partial charge in [-0.15, -0.1) is 0 Å². The van der Waals surface area contributed by atoms with Gasteiger partial charge in [-0.25, -0.2) is 18.7 Å². The van der Waals surface area contributed by atoms with Crippen molar-refractivity contribution in [3.63, 3.8) is 0 Å². The molecular formula is C16H18F2N4. The molecule has 1 fully saturated rings. The Kier molecular flexibility index (Phi) is 4.58. The van der Waals surface area contributed by atoms with Crippen molar-refractivity contribution < 1.29 is 8.78 Å². The van der Waals surface area contributed by atoms with Gasteiger partial charge in [0, 0.05) is 49.7 Å². The fourth-order valence-electron chi connectivity index (χ4n) is 2.66. The number of halogens is 2. The molecule has 1 aromatic carbocycles. The second-order valence-electron chi connectivity index (χ2n) is 5.43. The number of piperidine rings is 1. The van der Waals surface area contributed by atoms with Crippen molar-refractivity contribution in [3.8, 4) is 0 Å². The Bertz CT molecular complexity index is 613. The van der Waals surface area contributed by atoms with Gasteiger partial charge in [-0.05, 0) is 25.0 Å². The number of benzene rings is 1. The zero-order valence-corrected chi connectivity index (χ0v) is 12.2. The van der Waals surface area contributed by atoms with Crippen LogP contribution >= 0.6 is 0 Å². The second-order valence-corrected chi connectivity index (χ2v) is 5.43. The third-order valence-electron chi connectivity index (χ3n) is 3.93. The van der Waals surface area contributed by atoms with E-state index in [9.17, 15) is 8.78 Å². The summed E-state index contributed by atoms with van der Waals surface area (Å²) in [4.78, 5) is 10.6. The summed E-state index contributed by atoms with van der Waals surface area (Å²) in [5, 5.41) is 3.34. The molecule has 0 unspecified atom stereocenters. The lowest BCUT2D eigenvalue weighted by Gasteiger charge is -2.32. The Balaban J connectivity index is 1.50. The first-order chi connectivity index (χ1) is 10.7. The number of aromatic nitrogens is 2. The predicted molar refractivity (Wildman–Crippen MR) is 80.5 cm³/mol. The highest BCUT2D eigenvalue weighted by atomic mass is 19.1. The molecule has 0 atom stereocenters. The maximum Gasteiger partial charge on any atom is 0.225 e. The summed E-state index contributed by atoms with van der Waals surface area (Å²) in [5.74, 6) is -0.287. The molecule has 1 aliphatic rings. The largest absolute Gasteiger partial charge is 0.341 e. The Morgan fingerprint density at radius 3 is 2.55 bits per heavy atom. The van der Waals surface area contributed by atoms with Crippen molar-refractivity contribution in [3.05, 3.63) is 53.9 Å². The van der Waals surface area contributed by atoms with Gasteiger partial charge in [-0.1, -0.05) is 6.07 Å². The van der Waals surface area contributed by atoms with Crippen molar-refractivity contribution in [2.45, 2.75) is 25.4 Å². The lowest BCUT2D eigenvalue weighted by atomic mass is 10.0. The summed E-state index contributed by atoms with van der Waals surface area (Å²) in [6.07, 6.45) is 5.37. The van der Waals surface area contributed by atoms with Gasteiger partial charge in [0.25, 0.3) is 0 Å². The summed E-state index contributed by atoms with van der Waals surface area (Å²) < 4.78 is 26.5. The van der Waals surface area contributed by atoms with Crippen LogP contribution < -0.4 is 10.2 Å². The fourth-order valence-corrected chi connectivity index (χ4v) is 2.66. The topological polar surface area (TPSA) is 41.0 Å². The molecule has 0 radical (unpaired) electrons. The third kappa shape index (κ3) is 3.57. The molecular weight excluding hydrogens is 286 g/mol. The lowest BCUT2D eigenvalue weighted by Crippen LogP contribution is -2.43. The molecule has 22 heavy (non-hydrogen) atoms. The first kappa shape index (κ1) is 14.8. The van der Waals surface area contributed by atoms with E-state index in [1.807, 2.05) is 0 Å². The van der Waals surface area contributed by atoms with Crippen LogP contribution in [0.2, 0.25) is 0 Å². The highest BCUT2D eigenvalue weighted by molar-refractivity contribution is 5.29. The standard InChI is InChI=1S/C16H18F2N4/c17-13-3-2-12(15(18)10-13)11-21-14-4-8-22(9-5-14)16-19-6-1-7-20-16/h1-3,6-7,10,14,21H,4-5,8-9,11H2. The van der Waals surface area contributed by atoms with Crippen LogP contribution in [0.3, 0.4) is 0 Å². The number of nitrogens with one attached hydrogen (secondary N) is 1. The first-order valence-corrected chi connectivity index (χ1v) is 7.41. The summed E-state index contributed by atoms with van der Waals surface area (Å²) in [6.45, 7) is 2.15. The molecule has 1 saturated heterocycles. The lowest BCUT2D eigenvalue weighted by molar-refractivity contribution is 0.407. The molecule has 3 rings (SSSR count). The highest BCUT2D eigenvalue weighted by Gasteiger charge is 2.20. The molecule has 0 aliphatic carbocycles. The van der Waals surface area contributed by atoms with E-state index in [-0.39, 0.29) is 0 Å². The van der Waals surface area contributed by atoms with Crippen molar-refractivity contribution in [1.82, 2.24) is 15.3 Å². The normalized spacial score (nSPS) is 16.0. The van der Waals surface area contributed by atoms with Gasteiger partial charge in [0.2, 0.25) is 5.95 Å². The molecule has 2 aromatic rings. The number of hydrogen-bond acceptors (Lipinski definition) is 4. The molecule has 0 saturated carbocycles. The van der Waals surface area contributed by atoms with Crippen LogP contribution in [0.15, 0.2) is 36.7 Å². The van der Waals surface area contributed by atoms with Gasteiger partial charge in [-0.2, -0.15) is 0 Å². The molecule has 6 heteroatoms. The molecule has 0 bridgehead atoms. The quantitative estimate of drug-likeness (QED) is 0.942. The maximum absolute atomic E-state index is 13.6. The maximum atomic E-state index is 13.6. The third-order valence-corrected chi connectivity index (χ3v) is 3.93. The Hall–Kier alpha value is -2.08. The zero-order chi connectivity index (χ0) is 15.4. The summed E-state index contributed by atoms with van der Waals surface area (Å²) in [6, 6.07) is 5.82. The summed E-state index contributed by atoms with van der Waals surface area (Å²) >= 11 is 0. The fraction of sp³-hybridized carbons (Fsp3) is 0.375. The number of rotatable bonds is 4. The van der Waals surface area contributed by atoms with Gasteiger partial charge in [0.1, 0.15) is 11.6 Å². The smallest absolute Gasteiger partial charge is 0.225 e. The molecule has 4 nitrogen and oxygen atoms in total. The summed E-state index contributed by atoms with van der Waals surface area (Å²) in [5.41, 5.74) is 0.496. The summed E-state index contributed by atoms with van der Waals surface area (Å²) in [7, 11) is 0. The average Bonchev–Trinajstić information content (AvgIpc) is 2.55. The monoisotopic (exact) mass is 304 g/mol. The van der Waals surface area contributed by atoms with Crippen LogP contribution in [0, 0.1) is 11.6 Å². The van der Waals surface area contributed by atoms with Crippen molar-refractivity contribution in [2.75, 3.05) is 18.0 Å². The minimum atomic E-state index is -0.544. The van der Waals surface area contributed by atoms with Crippen LogP contribution in [-0.2, 0) is 6.54 Å². The zero-order valence-electron chi connectivity index (χ0n) is 12.2. The van der Waals surface area contributed by atoms with Gasteiger partial charge >= 0.3 is 0 Å². The van der Waals surface area contributed by atoms with Crippen LogP contribution in [0.5, 0.6) is 0 Å². The van der Waals surface area contributed by atoms with E-state index in [1.165, 1.54) is 12.1 Å². The molecule has 1 aromatic heterocycles. The van der Waals surface area contributed by atoms with E-state index in [4.69, 9.17) is 0 Å². The van der Waals surface area contributed by atoms with E-state index in [0.717, 1.165) is 37.9 Å². The minimum Gasteiger partial charge on any atom is -0.341 e. The van der Waals surface area contributed by atoms with Crippen molar-refractivity contribution >= 4 is 5.95 Å². The van der Waals surface area contributed by atoms with Crippen LogP contribution in [0.1, 0.15) is 18.4 Å². The Labute approximate surface area is 128 Å². The van der Waals surface area contributed by atoms with Gasteiger partial charge in [0.05, 0.1) is 0 Å². The van der Waals surface area contributed by atoms with Gasteiger partial charge < -0.3 is 10.2 Å². The van der Waals surface area contributed by atoms with E-state index in [1.54, 1.807) is 18.5 Å². The first-order valence-electron chi connectivity index (χ1n) is 7.41. The van der Waals surface area contributed by atoms with E-state index < -0.39 is 11.6 Å². The minimum absolute atomic E-state index is 0.324. The Morgan fingerprint density at radius 2 is 1.86 bits per heavy atom. The van der Waals surface area contributed by atoms with Crippen LogP contribution in [-0.4, -0.2) is 29.1 Å². The molecule has 2 heterocycles. The van der Waals surface area contributed by atoms with Crippen LogP contribution in [0.25, 0.3) is 0 Å². The molecule has 0 amide bonds. The predicted octanol–water partition coefficient (Wildman–Crippen LogP) is 2.51. The van der Waals surface area contributed by atoms with E-state index in [2.05, 4.69) is 20.2 Å². The van der Waals surface area contributed by atoms with E-state index in [0.29, 0.717) is 18.2 Å². The van der Waals surface area contributed by atoms with Crippen LogP contribution in [0.4, 0.5) is 14.7 Å². The SMILES string of the molecule is Fc1ccc(CNC2CCN(c3ncccn3)CC2)c(F)c1. The number of anilines is 1. The van der Waals surface area contributed by atoms with E-state index >= 15 is 0 Å². The highest BCUT2D eigenvalue weighted by Crippen LogP contribution is 2.16. The van der Waals surface area contributed by atoms with Gasteiger partial charge in [-0.3, -0.25) is 0 Å². The molecule has 116 valence electrons. The molecule has 1 aliphatic heterocycles.